The molecule has 0 bridgehead atoms. The maximum Gasteiger partial charge on any atom is 0.269 e. The van der Waals surface area contributed by atoms with Crippen LogP contribution in [0.3, 0.4) is 0 Å². The summed E-state index contributed by atoms with van der Waals surface area (Å²) in [5.41, 5.74) is 1.80. The molecule has 0 unspecified atom stereocenters. The Kier molecular flexibility index (Phi) is 4.29. The predicted molar refractivity (Wildman–Crippen MR) is 75.8 cm³/mol. The van der Waals surface area contributed by atoms with Crippen LogP contribution >= 0.6 is 0 Å². The van der Waals surface area contributed by atoms with Crippen molar-refractivity contribution in [2.24, 2.45) is 0 Å². The highest BCUT2D eigenvalue weighted by Gasteiger charge is 2.13. The highest BCUT2D eigenvalue weighted by molar-refractivity contribution is 7.84. The summed E-state index contributed by atoms with van der Waals surface area (Å²) >= 11 is 0. The van der Waals surface area contributed by atoms with E-state index < -0.39 is 15.7 Å². The number of non-ortho nitro benzene ring substituents is 1. The van der Waals surface area contributed by atoms with Gasteiger partial charge in [0.15, 0.2) is 0 Å². The first-order chi connectivity index (χ1) is 9.52. The zero-order valence-electron chi connectivity index (χ0n) is 11.3. The molecule has 0 saturated heterocycles. The first kappa shape index (κ1) is 14.4. The van der Waals surface area contributed by atoms with Crippen molar-refractivity contribution < 1.29 is 9.13 Å². The summed E-state index contributed by atoms with van der Waals surface area (Å²) < 4.78 is 14.3. The summed E-state index contributed by atoms with van der Waals surface area (Å²) in [6.07, 6.45) is 1.73. The van der Waals surface area contributed by atoms with Crippen LogP contribution in [0, 0.1) is 17.0 Å². The smallest absolute Gasteiger partial charge is 0.269 e. The van der Waals surface area contributed by atoms with Gasteiger partial charge in [-0.15, -0.1) is 0 Å². The quantitative estimate of drug-likeness (QED) is 0.626. The summed E-state index contributed by atoms with van der Waals surface area (Å²) in [7, 11) is -1.24. The van der Waals surface area contributed by atoms with E-state index in [1.54, 1.807) is 6.33 Å². The summed E-state index contributed by atoms with van der Waals surface area (Å²) in [4.78, 5) is 14.9. The Hall–Kier alpha value is -2.02. The van der Waals surface area contributed by atoms with Gasteiger partial charge in [0.2, 0.25) is 0 Å². The van der Waals surface area contributed by atoms with Gasteiger partial charge in [-0.3, -0.25) is 14.3 Å². The van der Waals surface area contributed by atoms with Crippen LogP contribution in [0.15, 0.2) is 35.5 Å². The molecular formula is C13H15N3O3S. The van der Waals surface area contributed by atoms with Crippen LogP contribution in [0.25, 0.3) is 0 Å². The lowest BCUT2D eigenvalue weighted by Crippen LogP contribution is -2.05. The van der Waals surface area contributed by atoms with Crippen LogP contribution in [-0.2, 0) is 23.1 Å². The van der Waals surface area contributed by atoms with E-state index in [0.717, 1.165) is 17.9 Å². The molecule has 1 aromatic heterocycles. The van der Waals surface area contributed by atoms with E-state index in [9.17, 15) is 14.3 Å². The van der Waals surface area contributed by atoms with Crippen molar-refractivity contribution in [2.45, 2.75) is 31.0 Å². The number of nitrogens with zero attached hydrogens (tertiary/aromatic N) is 3. The van der Waals surface area contributed by atoms with Gasteiger partial charge in [0.1, 0.15) is 0 Å². The number of nitro benzene ring substituents is 1. The third-order valence-corrected chi connectivity index (χ3v) is 4.41. The molecule has 2 aromatic rings. The fourth-order valence-corrected chi connectivity index (χ4v) is 3.12. The van der Waals surface area contributed by atoms with Gasteiger partial charge in [0.25, 0.3) is 5.69 Å². The SMILES string of the molecule is CCn1cnc(C)c1C[S@@](=O)c1ccc([N+](=O)[O-])cc1. The van der Waals surface area contributed by atoms with Crippen molar-refractivity contribution in [3.8, 4) is 0 Å². The summed E-state index contributed by atoms with van der Waals surface area (Å²) in [6.45, 7) is 4.65. The van der Waals surface area contributed by atoms with Crippen molar-refractivity contribution in [2.75, 3.05) is 0 Å². The molecule has 106 valence electrons. The van der Waals surface area contributed by atoms with E-state index in [1.807, 2.05) is 18.4 Å². The number of aryl methyl sites for hydroxylation is 2. The third-order valence-electron chi connectivity index (χ3n) is 3.07. The molecule has 6 nitrogen and oxygen atoms in total. The lowest BCUT2D eigenvalue weighted by Gasteiger charge is -2.06. The van der Waals surface area contributed by atoms with Crippen LogP contribution in [0.1, 0.15) is 18.3 Å². The molecule has 7 heteroatoms. The van der Waals surface area contributed by atoms with Crippen molar-refractivity contribution >= 4 is 16.5 Å². The van der Waals surface area contributed by atoms with Crippen molar-refractivity contribution in [3.63, 3.8) is 0 Å². The van der Waals surface area contributed by atoms with E-state index in [1.165, 1.54) is 24.3 Å². The van der Waals surface area contributed by atoms with Crippen molar-refractivity contribution in [1.29, 1.82) is 0 Å². The molecule has 20 heavy (non-hydrogen) atoms. The molecule has 0 spiro atoms. The normalized spacial score (nSPS) is 12.3. The first-order valence-corrected chi connectivity index (χ1v) is 7.48. The fourth-order valence-electron chi connectivity index (χ4n) is 1.90. The summed E-state index contributed by atoms with van der Waals surface area (Å²) in [6, 6.07) is 5.82. The van der Waals surface area contributed by atoms with Crippen molar-refractivity contribution in [3.05, 3.63) is 52.1 Å². The van der Waals surface area contributed by atoms with E-state index in [-0.39, 0.29) is 5.69 Å². The number of benzene rings is 1. The van der Waals surface area contributed by atoms with Crippen LogP contribution in [-0.4, -0.2) is 18.7 Å². The predicted octanol–water partition coefficient (Wildman–Crippen LogP) is 2.43. The largest absolute Gasteiger partial charge is 0.334 e. The lowest BCUT2D eigenvalue weighted by atomic mass is 10.3. The van der Waals surface area contributed by atoms with Crippen LogP contribution < -0.4 is 0 Å². The number of hydrogen-bond donors (Lipinski definition) is 0. The zero-order chi connectivity index (χ0) is 14.7. The maximum atomic E-state index is 12.3. The molecule has 0 fully saturated rings. The van der Waals surface area contributed by atoms with E-state index >= 15 is 0 Å². The first-order valence-electron chi connectivity index (χ1n) is 6.16. The standard InChI is InChI=1S/C13H15N3O3S/c1-3-15-9-14-10(2)13(15)8-20(19)12-6-4-11(5-7-12)16(17)18/h4-7,9H,3,8H2,1-2H3/t20-/m1/s1. The Morgan fingerprint density at radius 2 is 2.00 bits per heavy atom. The Balaban J connectivity index is 2.19. The minimum Gasteiger partial charge on any atom is -0.334 e. The minimum atomic E-state index is -1.24. The molecule has 1 atom stereocenters. The Morgan fingerprint density at radius 1 is 1.35 bits per heavy atom. The van der Waals surface area contributed by atoms with E-state index in [0.29, 0.717) is 10.6 Å². The third kappa shape index (κ3) is 2.93. The molecular weight excluding hydrogens is 278 g/mol. The molecule has 0 aliphatic heterocycles. The van der Waals surface area contributed by atoms with Gasteiger partial charge in [0.05, 0.1) is 39.2 Å². The highest BCUT2D eigenvalue weighted by Crippen LogP contribution is 2.18. The molecule has 0 aliphatic carbocycles. The average molecular weight is 293 g/mol. The number of rotatable bonds is 5. The molecule has 0 aliphatic rings. The molecule has 0 amide bonds. The molecule has 0 N–H and O–H groups in total. The molecule has 0 radical (unpaired) electrons. The zero-order valence-corrected chi connectivity index (χ0v) is 12.1. The highest BCUT2D eigenvalue weighted by atomic mass is 32.2. The Morgan fingerprint density at radius 3 is 2.55 bits per heavy atom. The van der Waals surface area contributed by atoms with Gasteiger partial charge in [0, 0.05) is 23.6 Å². The number of imidazole rings is 1. The number of nitro groups is 1. The summed E-state index contributed by atoms with van der Waals surface area (Å²) in [5.74, 6) is 0.359. The average Bonchev–Trinajstić information content (AvgIpc) is 2.79. The second-order valence-electron chi connectivity index (χ2n) is 4.30. The maximum absolute atomic E-state index is 12.3. The molecule has 0 saturated carbocycles. The van der Waals surface area contributed by atoms with Gasteiger partial charge >= 0.3 is 0 Å². The van der Waals surface area contributed by atoms with E-state index in [2.05, 4.69) is 4.98 Å². The van der Waals surface area contributed by atoms with Gasteiger partial charge in [-0.05, 0) is 26.0 Å². The molecule has 1 heterocycles. The Bertz CT molecular complexity index is 649. The topological polar surface area (TPSA) is 78.0 Å². The number of hydrogen-bond acceptors (Lipinski definition) is 4. The van der Waals surface area contributed by atoms with Gasteiger partial charge in [-0.25, -0.2) is 4.98 Å². The van der Waals surface area contributed by atoms with Crippen LogP contribution in [0.2, 0.25) is 0 Å². The molecule has 1 aromatic carbocycles. The van der Waals surface area contributed by atoms with Crippen LogP contribution in [0.5, 0.6) is 0 Å². The van der Waals surface area contributed by atoms with E-state index in [4.69, 9.17) is 0 Å². The Labute approximate surface area is 119 Å². The van der Waals surface area contributed by atoms with Gasteiger partial charge in [-0.1, -0.05) is 0 Å². The van der Waals surface area contributed by atoms with Gasteiger partial charge < -0.3 is 4.57 Å². The fraction of sp³-hybridized carbons (Fsp3) is 0.308. The second kappa shape index (κ2) is 5.96. The lowest BCUT2D eigenvalue weighted by molar-refractivity contribution is -0.384. The second-order valence-corrected chi connectivity index (χ2v) is 5.75. The van der Waals surface area contributed by atoms with Crippen LogP contribution in [0.4, 0.5) is 5.69 Å². The van der Waals surface area contributed by atoms with Crippen molar-refractivity contribution in [1.82, 2.24) is 9.55 Å². The number of aromatic nitrogens is 2. The monoisotopic (exact) mass is 293 g/mol. The minimum absolute atomic E-state index is 0.000491. The molecule has 2 rings (SSSR count). The van der Waals surface area contributed by atoms with Gasteiger partial charge in [-0.2, -0.15) is 0 Å². The summed E-state index contributed by atoms with van der Waals surface area (Å²) in [5, 5.41) is 10.6.